The molecule has 2 aromatic rings. The predicted molar refractivity (Wildman–Crippen MR) is 102 cm³/mol. The van der Waals surface area contributed by atoms with Gasteiger partial charge in [0.1, 0.15) is 18.2 Å². The summed E-state index contributed by atoms with van der Waals surface area (Å²) in [6, 6.07) is 10.1. The SMILES string of the molecule is Cc1nc(C)n(CC(=O)N2CC[C@@](O)(c3ccccc3)[C@H]3CCCC[C@@H]32)n1. The van der Waals surface area contributed by atoms with Gasteiger partial charge in [-0.15, -0.1) is 0 Å². The first-order chi connectivity index (χ1) is 13.0. The van der Waals surface area contributed by atoms with Crippen molar-refractivity contribution in [2.24, 2.45) is 5.92 Å². The third kappa shape index (κ3) is 3.27. The molecule has 1 amide bonds. The zero-order valence-corrected chi connectivity index (χ0v) is 16.1. The highest BCUT2D eigenvalue weighted by Crippen LogP contribution is 2.46. The minimum absolute atomic E-state index is 0.0787. The van der Waals surface area contributed by atoms with E-state index in [1.807, 2.05) is 49.1 Å². The Kier molecular flexibility index (Phi) is 4.76. The average molecular weight is 368 g/mol. The van der Waals surface area contributed by atoms with Crippen LogP contribution in [0.1, 0.15) is 49.3 Å². The second-order valence-corrected chi connectivity index (χ2v) is 7.95. The van der Waals surface area contributed by atoms with Crippen molar-refractivity contribution in [3.05, 3.63) is 47.5 Å². The Labute approximate surface area is 160 Å². The molecule has 3 atom stereocenters. The van der Waals surface area contributed by atoms with Crippen molar-refractivity contribution in [1.82, 2.24) is 19.7 Å². The summed E-state index contributed by atoms with van der Waals surface area (Å²) < 4.78 is 1.69. The minimum atomic E-state index is -0.844. The number of fused-ring (bicyclic) bond motifs is 1. The van der Waals surface area contributed by atoms with Crippen molar-refractivity contribution in [2.45, 2.75) is 64.1 Å². The van der Waals surface area contributed by atoms with Gasteiger partial charge in [0.25, 0.3) is 0 Å². The average Bonchev–Trinajstić information content (AvgIpc) is 2.99. The molecule has 1 N–H and O–H groups in total. The molecule has 144 valence electrons. The number of carbonyl (C=O) groups is 1. The maximum Gasteiger partial charge on any atom is 0.244 e. The maximum absolute atomic E-state index is 13.1. The number of benzene rings is 1. The van der Waals surface area contributed by atoms with Gasteiger partial charge in [-0.2, -0.15) is 5.10 Å². The molecule has 0 spiro atoms. The van der Waals surface area contributed by atoms with Crippen molar-refractivity contribution in [3.8, 4) is 0 Å². The molecule has 1 saturated heterocycles. The van der Waals surface area contributed by atoms with Gasteiger partial charge in [0.2, 0.25) is 5.91 Å². The fourth-order valence-electron chi connectivity index (χ4n) is 5.01. The number of hydrogen-bond donors (Lipinski definition) is 1. The van der Waals surface area contributed by atoms with Crippen LogP contribution < -0.4 is 0 Å². The number of likely N-dealkylation sites (tertiary alicyclic amines) is 1. The van der Waals surface area contributed by atoms with Crippen LogP contribution in [0.15, 0.2) is 30.3 Å². The fourth-order valence-corrected chi connectivity index (χ4v) is 5.01. The molecule has 1 saturated carbocycles. The highest BCUT2D eigenvalue weighted by molar-refractivity contribution is 5.76. The van der Waals surface area contributed by atoms with Crippen molar-refractivity contribution >= 4 is 5.91 Å². The Morgan fingerprint density at radius 1 is 1.22 bits per heavy atom. The lowest BCUT2D eigenvalue weighted by Crippen LogP contribution is -2.59. The summed E-state index contributed by atoms with van der Waals surface area (Å²) in [6.07, 6.45) is 4.72. The van der Waals surface area contributed by atoms with Crippen LogP contribution in [0.4, 0.5) is 0 Å². The van der Waals surface area contributed by atoms with Crippen LogP contribution in [0.25, 0.3) is 0 Å². The first kappa shape index (κ1) is 18.2. The van der Waals surface area contributed by atoms with Crippen LogP contribution in [0.3, 0.4) is 0 Å². The van der Waals surface area contributed by atoms with Crippen LogP contribution >= 0.6 is 0 Å². The number of aliphatic hydroxyl groups is 1. The molecular weight excluding hydrogens is 340 g/mol. The fraction of sp³-hybridized carbons (Fsp3) is 0.571. The minimum Gasteiger partial charge on any atom is -0.385 e. The largest absolute Gasteiger partial charge is 0.385 e. The quantitative estimate of drug-likeness (QED) is 0.904. The summed E-state index contributed by atoms with van der Waals surface area (Å²) in [5, 5.41) is 15.9. The summed E-state index contributed by atoms with van der Waals surface area (Å²) in [4.78, 5) is 19.4. The Balaban J connectivity index is 1.58. The Morgan fingerprint density at radius 3 is 2.67 bits per heavy atom. The first-order valence-corrected chi connectivity index (χ1v) is 9.94. The molecule has 4 rings (SSSR count). The molecule has 0 radical (unpaired) electrons. The lowest BCUT2D eigenvalue weighted by molar-refractivity contribution is -0.155. The van der Waals surface area contributed by atoms with E-state index in [-0.39, 0.29) is 24.4 Å². The molecule has 1 aromatic carbocycles. The molecule has 2 aliphatic rings. The molecule has 1 aliphatic heterocycles. The van der Waals surface area contributed by atoms with E-state index in [1.165, 1.54) is 0 Å². The smallest absolute Gasteiger partial charge is 0.244 e. The summed E-state index contributed by atoms with van der Waals surface area (Å²) in [7, 11) is 0. The van der Waals surface area contributed by atoms with Crippen LogP contribution in [-0.4, -0.2) is 43.3 Å². The van der Waals surface area contributed by atoms with Gasteiger partial charge < -0.3 is 10.0 Å². The standard InChI is InChI=1S/C21H28N4O2/c1-15-22-16(2)25(23-15)14-20(26)24-13-12-21(27,17-8-4-3-5-9-17)18-10-6-7-11-19(18)24/h3-5,8-9,18-19,27H,6-7,10-14H2,1-2H3/t18-,19-,21+/m0/s1. The number of nitrogens with zero attached hydrogens (tertiary/aromatic N) is 4. The van der Waals surface area contributed by atoms with E-state index in [0.29, 0.717) is 18.8 Å². The zero-order chi connectivity index (χ0) is 19.0. The number of carbonyl (C=O) groups excluding carboxylic acids is 1. The number of aromatic nitrogens is 3. The number of rotatable bonds is 3. The number of hydrogen-bond acceptors (Lipinski definition) is 4. The lowest BCUT2D eigenvalue weighted by atomic mass is 9.66. The number of aryl methyl sites for hydroxylation is 2. The van der Waals surface area contributed by atoms with E-state index >= 15 is 0 Å². The third-order valence-electron chi connectivity index (χ3n) is 6.32. The third-order valence-corrected chi connectivity index (χ3v) is 6.32. The lowest BCUT2D eigenvalue weighted by Gasteiger charge is -2.52. The summed E-state index contributed by atoms with van der Waals surface area (Å²) in [6.45, 7) is 4.52. The van der Waals surface area contributed by atoms with Gasteiger partial charge in [-0.3, -0.25) is 4.79 Å². The van der Waals surface area contributed by atoms with Crippen molar-refractivity contribution in [3.63, 3.8) is 0 Å². The Morgan fingerprint density at radius 2 is 1.96 bits per heavy atom. The molecule has 0 bridgehead atoms. The highest BCUT2D eigenvalue weighted by Gasteiger charge is 2.50. The molecule has 2 heterocycles. The summed E-state index contributed by atoms with van der Waals surface area (Å²) in [5.74, 6) is 1.62. The summed E-state index contributed by atoms with van der Waals surface area (Å²) >= 11 is 0. The first-order valence-electron chi connectivity index (χ1n) is 9.94. The zero-order valence-electron chi connectivity index (χ0n) is 16.1. The molecule has 6 heteroatoms. The van der Waals surface area contributed by atoms with E-state index in [2.05, 4.69) is 10.1 Å². The molecule has 27 heavy (non-hydrogen) atoms. The van der Waals surface area contributed by atoms with Gasteiger partial charge in [-0.25, -0.2) is 9.67 Å². The molecule has 1 aliphatic carbocycles. The van der Waals surface area contributed by atoms with Crippen LogP contribution in [0.2, 0.25) is 0 Å². The van der Waals surface area contributed by atoms with E-state index < -0.39 is 5.60 Å². The van der Waals surface area contributed by atoms with E-state index in [0.717, 1.165) is 37.1 Å². The molecule has 0 unspecified atom stereocenters. The predicted octanol–water partition coefficient (Wildman–Crippen LogP) is 2.57. The van der Waals surface area contributed by atoms with Gasteiger partial charge in [0.15, 0.2) is 0 Å². The second kappa shape index (κ2) is 7.08. The molecule has 1 aromatic heterocycles. The monoisotopic (exact) mass is 368 g/mol. The Hall–Kier alpha value is -2.21. The molecule has 6 nitrogen and oxygen atoms in total. The summed E-state index contributed by atoms with van der Waals surface area (Å²) in [5.41, 5.74) is 0.139. The van der Waals surface area contributed by atoms with E-state index in [1.54, 1.807) is 4.68 Å². The van der Waals surface area contributed by atoms with Gasteiger partial charge in [-0.05, 0) is 38.7 Å². The van der Waals surface area contributed by atoms with Gasteiger partial charge in [-0.1, -0.05) is 43.2 Å². The topological polar surface area (TPSA) is 71.2 Å². The second-order valence-electron chi connectivity index (χ2n) is 7.95. The van der Waals surface area contributed by atoms with Crippen molar-refractivity contribution in [2.75, 3.05) is 6.54 Å². The number of piperidine rings is 1. The van der Waals surface area contributed by atoms with Gasteiger partial charge in [0, 0.05) is 18.5 Å². The van der Waals surface area contributed by atoms with E-state index in [9.17, 15) is 9.90 Å². The van der Waals surface area contributed by atoms with Gasteiger partial charge >= 0.3 is 0 Å². The number of amides is 1. The normalized spacial score (nSPS) is 28.0. The maximum atomic E-state index is 13.1. The highest BCUT2D eigenvalue weighted by atomic mass is 16.3. The Bertz CT molecular complexity index is 819. The van der Waals surface area contributed by atoms with Gasteiger partial charge in [0.05, 0.1) is 5.60 Å². The molecule has 2 fully saturated rings. The van der Waals surface area contributed by atoms with Crippen LogP contribution in [-0.2, 0) is 16.9 Å². The van der Waals surface area contributed by atoms with Crippen LogP contribution in [0, 0.1) is 19.8 Å². The van der Waals surface area contributed by atoms with Crippen molar-refractivity contribution in [1.29, 1.82) is 0 Å². The van der Waals surface area contributed by atoms with E-state index in [4.69, 9.17) is 0 Å². The van der Waals surface area contributed by atoms with Crippen molar-refractivity contribution < 1.29 is 9.90 Å². The molecular formula is C21H28N4O2. The van der Waals surface area contributed by atoms with Crippen LogP contribution in [0.5, 0.6) is 0 Å².